The van der Waals surface area contributed by atoms with E-state index in [-0.39, 0.29) is 0 Å². The van der Waals surface area contributed by atoms with Gasteiger partial charge in [0.2, 0.25) is 0 Å². The Balaban J connectivity index is 1.56. The molecule has 1 saturated heterocycles. The van der Waals surface area contributed by atoms with Crippen LogP contribution < -0.4 is 15.0 Å². The third-order valence-electron chi connectivity index (χ3n) is 4.43. The minimum Gasteiger partial charge on any atom is -0.497 e. The fourth-order valence-electron chi connectivity index (χ4n) is 2.92. The molecule has 4 nitrogen and oxygen atoms in total. The van der Waals surface area contributed by atoms with Crippen molar-refractivity contribution < 1.29 is 4.74 Å². The Morgan fingerprint density at radius 1 is 1.08 bits per heavy atom. The summed E-state index contributed by atoms with van der Waals surface area (Å²) in [6, 6.07) is 14.0. The van der Waals surface area contributed by atoms with Crippen molar-refractivity contribution >= 4 is 40.3 Å². The van der Waals surface area contributed by atoms with E-state index in [9.17, 15) is 0 Å². The van der Waals surface area contributed by atoms with Gasteiger partial charge in [-0.3, -0.25) is 0 Å². The Hall–Kier alpha value is -1.98. The second kappa shape index (κ2) is 7.93. The topological polar surface area (TPSA) is 27.7 Å². The third-order valence-corrected chi connectivity index (χ3v) is 5.03. The molecule has 1 heterocycles. The maximum absolute atomic E-state index is 6.01. The van der Waals surface area contributed by atoms with E-state index in [2.05, 4.69) is 27.2 Å². The Bertz CT molecular complexity index is 743. The van der Waals surface area contributed by atoms with Crippen LogP contribution in [0.3, 0.4) is 0 Å². The molecule has 0 saturated carbocycles. The lowest BCUT2D eigenvalue weighted by atomic mass is 10.2. The standard InChI is InChI=1S/C19H22ClN3OS/c1-14-13-15(20)3-8-18(14)21-19(25)23-11-9-22(10-12-23)16-4-6-17(24-2)7-5-16/h3-8,13H,9-12H2,1-2H3,(H,21,25). The van der Waals surface area contributed by atoms with Crippen LogP contribution in [0.2, 0.25) is 5.02 Å². The van der Waals surface area contributed by atoms with Crippen molar-refractivity contribution in [2.75, 3.05) is 43.5 Å². The number of benzene rings is 2. The summed E-state index contributed by atoms with van der Waals surface area (Å²) in [4.78, 5) is 4.58. The van der Waals surface area contributed by atoms with Crippen molar-refractivity contribution in [3.8, 4) is 5.75 Å². The highest BCUT2D eigenvalue weighted by Gasteiger charge is 2.19. The average molecular weight is 376 g/mol. The van der Waals surface area contributed by atoms with Gasteiger partial charge < -0.3 is 19.9 Å². The average Bonchev–Trinajstić information content (AvgIpc) is 2.64. The number of hydrogen-bond donors (Lipinski definition) is 1. The largest absolute Gasteiger partial charge is 0.497 e. The highest BCUT2D eigenvalue weighted by molar-refractivity contribution is 7.80. The molecule has 0 aromatic heterocycles. The van der Waals surface area contributed by atoms with E-state index >= 15 is 0 Å². The number of nitrogens with zero attached hydrogens (tertiary/aromatic N) is 2. The van der Waals surface area contributed by atoms with E-state index < -0.39 is 0 Å². The smallest absolute Gasteiger partial charge is 0.173 e. The van der Waals surface area contributed by atoms with Crippen molar-refractivity contribution in [3.63, 3.8) is 0 Å². The fourth-order valence-corrected chi connectivity index (χ4v) is 3.44. The lowest BCUT2D eigenvalue weighted by Crippen LogP contribution is -2.50. The van der Waals surface area contributed by atoms with E-state index in [0.29, 0.717) is 0 Å². The van der Waals surface area contributed by atoms with E-state index in [4.69, 9.17) is 28.6 Å². The molecule has 1 N–H and O–H groups in total. The first kappa shape index (κ1) is 17.8. The van der Waals surface area contributed by atoms with Gasteiger partial charge in [0.1, 0.15) is 5.75 Å². The molecule has 0 aliphatic carbocycles. The lowest BCUT2D eigenvalue weighted by molar-refractivity contribution is 0.390. The van der Waals surface area contributed by atoms with Crippen LogP contribution >= 0.6 is 23.8 Å². The molecule has 0 amide bonds. The number of hydrogen-bond acceptors (Lipinski definition) is 3. The number of aryl methyl sites for hydroxylation is 1. The molecule has 0 radical (unpaired) electrons. The van der Waals surface area contributed by atoms with Gasteiger partial charge in [0.15, 0.2) is 5.11 Å². The lowest BCUT2D eigenvalue weighted by Gasteiger charge is -2.37. The maximum atomic E-state index is 6.01. The van der Waals surface area contributed by atoms with E-state index in [0.717, 1.165) is 53.3 Å². The van der Waals surface area contributed by atoms with Crippen molar-refractivity contribution in [1.82, 2.24) is 4.90 Å². The van der Waals surface area contributed by atoms with E-state index in [1.807, 2.05) is 37.3 Å². The number of rotatable bonds is 3. The fraction of sp³-hybridized carbons (Fsp3) is 0.316. The Labute approximate surface area is 159 Å². The Morgan fingerprint density at radius 3 is 2.36 bits per heavy atom. The first-order valence-corrected chi connectivity index (χ1v) is 9.06. The summed E-state index contributed by atoms with van der Waals surface area (Å²) in [6.45, 7) is 5.69. The van der Waals surface area contributed by atoms with Crippen molar-refractivity contribution in [2.24, 2.45) is 0 Å². The minimum absolute atomic E-state index is 0.738. The first-order chi connectivity index (χ1) is 12.1. The minimum atomic E-state index is 0.738. The molecule has 1 aliphatic rings. The van der Waals surface area contributed by atoms with Crippen LogP contribution in [0.1, 0.15) is 5.56 Å². The molecule has 6 heteroatoms. The molecule has 3 rings (SSSR count). The quantitative estimate of drug-likeness (QED) is 0.812. The molecule has 1 fully saturated rings. The van der Waals surface area contributed by atoms with Gasteiger partial charge in [-0.15, -0.1) is 0 Å². The zero-order chi connectivity index (χ0) is 17.8. The molecule has 0 unspecified atom stereocenters. The number of methoxy groups -OCH3 is 1. The van der Waals surface area contributed by atoms with E-state index in [1.165, 1.54) is 5.69 Å². The van der Waals surface area contributed by atoms with Crippen LogP contribution in [0.25, 0.3) is 0 Å². The number of halogens is 1. The first-order valence-electron chi connectivity index (χ1n) is 8.28. The number of ether oxygens (including phenoxy) is 1. The molecule has 0 spiro atoms. The van der Waals surface area contributed by atoms with E-state index in [1.54, 1.807) is 7.11 Å². The molecule has 2 aromatic carbocycles. The van der Waals surface area contributed by atoms with Gasteiger partial charge in [0, 0.05) is 42.6 Å². The van der Waals surface area contributed by atoms with Crippen LogP contribution in [0, 0.1) is 6.92 Å². The van der Waals surface area contributed by atoms with Crippen molar-refractivity contribution in [3.05, 3.63) is 53.1 Å². The summed E-state index contributed by atoms with van der Waals surface area (Å²) >= 11 is 11.6. The summed E-state index contributed by atoms with van der Waals surface area (Å²) in [5.41, 5.74) is 3.31. The van der Waals surface area contributed by atoms with Gasteiger partial charge in [-0.2, -0.15) is 0 Å². The summed E-state index contributed by atoms with van der Waals surface area (Å²) < 4.78 is 5.22. The molecular formula is C19H22ClN3OS. The van der Waals surface area contributed by atoms with Gasteiger partial charge in [0.25, 0.3) is 0 Å². The molecule has 0 bridgehead atoms. The van der Waals surface area contributed by atoms with Gasteiger partial charge in [0.05, 0.1) is 7.11 Å². The molecular weight excluding hydrogens is 354 g/mol. The van der Waals surface area contributed by atoms with Crippen LogP contribution in [-0.2, 0) is 0 Å². The summed E-state index contributed by atoms with van der Waals surface area (Å²) in [6.07, 6.45) is 0. The van der Waals surface area contributed by atoms with Crippen molar-refractivity contribution in [1.29, 1.82) is 0 Å². The molecule has 132 valence electrons. The number of nitrogens with one attached hydrogen (secondary N) is 1. The Kier molecular flexibility index (Phi) is 5.66. The number of anilines is 2. The summed E-state index contributed by atoms with van der Waals surface area (Å²) in [5, 5.41) is 4.84. The maximum Gasteiger partial charge on any atom is 0.173 e. The number of piperazine rings is 1. The summed E-state index contributed by atoms with van der Waals surface area (Å²) in [7, 11) is 1.68. The molecule has 0 atom stereocenters. The van der Waals surface area contributed by atoms with Crippen LogP contribution in [-0.4, -0.2) is 43.3 Å². The molecule has 2 aromatic rings. The zero-order valence-corrected chi connectivity index (χ0v) is 16.0. The third kappa shape index (κ3) is 4.35. The highest BCUT2D eigenvalue weighted by atomic mass is 35.5. The zero-order valence-electron chi connectivity index (χ0n) is 14.5. The monoisotopic (exact) mass is 375 g/mol. The van der Waals surface area contributed by atoms with Gasteiger partial charge in [-0.25, -0.2) is 0 Å². The SMILES string of the molecule is COc1ccc(N2CCN(C(=S)Nc3ccc(Cl)cc3C)CC2)cc1. The van der Waals surface area contributed by atoms with Gasteiger partial charge >= 0.3 is 0 Å². The predicted octanol–water partition coefficient (Wildman–Crippen LogP) is 4.18. The van der Waals surface area contributed by atoms with Gasteiger partial charge in [-0.1, -0.05) is 11.6 Å². The predicted molar refractivity (Wildman–Crippen MR) is 109 cm³/mol. The normalized spacial score (nSPS) is 14.4. The van der Waals surface area contributed by atoms with Crippen LogP contribution in [0.5, 0.6) is 5.75 Å². The molecule has 25 heavy (non-hydrogen) atoms. The Morgan fingerprint density at radius 2 is 1.76 bits per heavy atom. The van der Waals surface area contributed by atoms with Crippen LogP contribution in [0.15, 0.2) is 42.5 Å². The van der Waals surface area contributed by atoms with Crippen molar-refractivity contribution in [2.45, 2.75) is 6.92 Å². The second-order valence-electron chi connectivity index (χ2n) is 6.06. The van der Waals surface area contributed by atoms with Gasteiger partial charge in [-0.05, 0) is 67.2 Å². The summed E-state index contributed by atoms with van der Waals surface area (Å²) in [5.74, 6) is 0.881. The highest BCUT2D eigenvalue weighted by Crippen LogP contribution is 2.22. The van der Waals surface area contributed by atoms with Crippen LogP contribution in [0.4, 0.5) is 11.4 Å². The number of thiocarbonyl (C=S) groups is 1. The second-order valence-corrected chi connectivity index (χ2v) is 6.88. The molecule has 1 aliphatic heterocycles.